The van der Waals surface area contributed by atoms with Crippen LogP contribution in [-0.2, 0) is 4.79 Å². The molecule has 0 radical (unpaired) electrons. The molecule has 90 valence electrons. The molecule has 0 aromatic heterocycles. The van der Waals surface area contributed by atoms with Gasteiger partial charge in [-0.15, -0.1) is 0 Å². The molecule has 2 N–H and O–H groups in total. The van der Waals surface area contributed by atoms with E-state index < -0.39 is 5.97 Å². The summed E-state index contributed by atoms with van der Waals surface area (Å²) in [5, 5.41) is 20.7. The van der Waals surface area contributed by atoms with E-state index in [-0.39, 0.29) is 11.8 Å². The lowest BCUT2D eigenvalue weighted by atomic mass is 9.79. The van der Waals surface area contributed by atoms with Gasteiger partial charge in [0.15, 0.2) is 0 Å². The highest BCUT2D eigenvalue weighted by Crippen LogP contribution is 2.29. The van der Waals surface area contributed by atoms with Gasteiger partial charge in [-0.25, -0.2) is 0 Å². The number of aliphatic carboxylic acids is 1. The average molecular weight is 224 g/mol. The number of nitrogens with zero attached hydrogens (tertiary/aromatic N) is 1. The molecule has 1 aliphatic carbocycles. The number of nitrogens with one attached hydrogen (secondary N) is 1. The van der Waals surface area contributed by atoms with Gasteiger partial charge < -0.3 is 10.4 Å². The normalized spacial score (nSPS) is 24.9. The van der Waals surface area contributed by atoms with Gasteiger partial charge in [-0.05, 0) is 38.3 Å². The van der Waals surface area contributed by atoms with Crippen molar-refractivity contribution in [1.29, 1.82) is 5.26 Å². The summed E-state index contributed by atoms with van der Waals surface area (Å²) in [4.78, 5) is 11.0. The van der Waals surface area contributed by atoms with E-state index in [1.807, 2.05) is 0 Å². The predicted molar refractivity (Wildman–Crippen MR) is 60.8 cm³/mol. The minimum Gasteiger partial charge on any atom is -0.481 e. The van der Waals surface area contributed by atoms with Gasteiger partial charge in [-0.2, -0.15) is 5.26 Å². The number of unbranched alkanes of at least 4 members (excludes halogenated alkanes) is 1. The molecule has 1 rings (SSSR count). The van der Waals surface area contributed by atoms with Crippen LogP contribution in [0.2, 0.25) is 0 Å². The largest absolute Gasteiger partial charge is 0.481 e. The van der Waals surface area contributed by atoms with E-state index >= 15 is 0 Å². The van der Waals surface area contributed by atoms with Gasteiger partial charge in [-0.1, -0.05) is 12.8 Å². The van der Waals surface area contributed by atoms with Crippen LogP contribution in [0.1, 0.15) is 38.5 Å². The third kappa shape index (κ3) is 4.19. The van der Waals surface area contributed by atoms with Crippen molar-refractivity contribution in [3.63, 3.8) is 0 Å². The van der Waals surface area contributed by atoms with Gasteiger partial charge in [0.1, 0.15) is 0 Å². The minimum absolute atomic E-state index is 0.169. The van der Waals surface area contributed by atoms with Crippen molar-refractivity contribution < 1.29 is 9.90 Å². The molecule has 1 saturated carbocycles. The topological polar surface area (TPSA) is 73.1 Å². The fourth-order valence-electron chi connectivity index (χ4n) is 2.36. The van der Waals surface area contributed by atoms with Crippen LogP contribution in [0.3, 0.4) is 0 Å². The van der Waals surface area contributed by atoms with Gasteiger partial charge in [0.05, 0.1) is 12.0 Å². The van der Waals surface area contributed by atoms with Crippen LogP contribution in [0.5, 0.6) is 0 Å². The molecule has 0 amide bonds. The number of carboxylic acids is 1. The van der Waals surface area contributed by atoms with Crippen LogP contribution in [0.4, 0.5) is 0 Å². The molecule has 0 heterocycles. The predicted octanol–water partition coefficient (Wildman–Crippen LogP) is 1.77. The van der Waals surface area contributed by atoms with E-state index in [0.29, 0.717) is 6.42 Å². The Balaban J connectivity index is 2.22. The Hall–Kier alpha value is -1.08. The molecule has 0 aliphatic heterocycles. The summed E-state index contributed by atoms with van der Waals surface area (Å²) in [5.41, 5.74) is 0. The Morgan fingerprint density at radius 1 is 1.44 bits per heavy atom. The summed E-state index contributed by atoms with van der Waals surface area (Å²) in [5.74, 6) is -0.547. The van der Waals surface area contributed by atoms with E-state index in [2.05, 4.69) is 11.4 Å². The van der Waals surface area contributed by atoms with Crippen molar-refractivity contribution in [2.45, 2.75) is 38.5 Å². The first-order valence-electron chi connectivity index (χ1n) is 6.06. The van der Waals surface area contributed by atoms with Gasteiger partial charge in [0.2, 0.25) is 0 Å². The molecule has 2 unspecified atom stereocenters. The molecule has 4 heteroatoms. The van der Waals surface area contributed by atoms with Crippen LogP contribution < -0.4 is 5.32 Å². The maximum atomic E-state index is 11.0. The standard InChI is InChI=1S/C12H20N2O2/c13-7-3-4-8-14-9-10-5-1-2-6-11(10)12(15)16/h10-11,14H,1-6,8-9H2,(H,15,16). The molecular formula is C12H20N2O2. The molecule has 0 spiro atoms. The lowest BCUT2D eigenvalue weighted by Gasteiger charge is -2.28. The second kappa shape index (κ2) is 7.24. The van der Waals surface area contributed by atoms with Crippen molar-refractivity contribution in [3.05, 3.63) is 0 Å². The highest BCUT2D eigenvalue weighted by Gasteiger charge is 2.30. The fourth-order valence-corrected chi connectivity index (χ4v) is 2.36. The molecule has 16 heavy (non-hydrogen) atoms. The summed E-state index contributed by atoms with van der Waals surface area (Å²) < 4.78 is 0. The summed E-state index contributed by atoms with van der Waals surface area (Å²) in [6, 6.07) is 2.10. The summed E-state index contributed by atoms with van der Waals surface area (Å²) >= 11 is 0. The van der Waals surface area contributed by atoms with Crippen LogP contribution in [-0.4, -0.2) is 24.2 Å². The Bertz CT molecular complexity index is 260. The van der Waals surface area contributed by atoms with Gasteiger partial charge in [0.25, 0.3) is 0 Å². The first-order chi connectivity index (χ1) is 7.75. The molecule has 1 aliphatic rings. The van der Waals surface area contributed by atoms with E-state index in [1.54, 1.807) is 0 Å². The highest BCUT2D eigenvalue weighted by atomic mass is 16.4. The number of carboxylic acid groups (broad SMARTS) is 1. The molecule has 0 bridgehead atoms. The van der Waals surface area contributed by atoms with Crippen molar-refractivity contribution >= 4 is 5.97 Å². The monoisotopic (exact) mass is 224 g/mol. The zero-order chi connectivity index (χ0) is 11.8. The maximum absolute atomic E-state index is 11.0. The maximum Gasteiger partial charge on any atom is 0.306 e. The highest BCUT2D eigenvalue weighted by molar-refractivity contribution is 5.70. The second-order valence-corrected chi connectivity index (χ2v) is 4.46. The minimum atomic E-state index is -0.650. The van der Waals surface area contributed by atoms with Crippen molar-refractivity contribution in [2.75, 3.05) is 13.1 Å². The van der Waals surface area contributed by atoms with E-state index in [9.17, 15) is 4.79 Å². The first kappa shape index (κ1) is 13.0. The van der Waals surface area contributed by atoms with E-state index in [0.717, 1.165) is 45.2 Å². The zero-order valence-corrected chi connectivity index (χ0v) is 9.61. The van der Waals surface area contributed by atoms with E-state index in [4.69, 9.17) is 10.4 Å². The quantitative estimate of drug-likeness (QED) is 0.674. The van der Waals surface area contributed by atoms with Crippen molar-refractivity contribution in [1.82, 2.24) is 5.32 Å². The third-order valence-electron chi connectivity index (χ3n) is 3.27. The fraction of sp³-hybridized carbons (Fsp3) is 0.833. The Morgan fingerprint density at radius 3 is 2.88 bits per heavy atom. The molecule has 2 atom stereocenters. The molecule has 0 saturated heterocycles. The number of rotatable bonds is 6. The van der Waals surface area contributed by atoms with Crippen molar-refractivity contribution in [2.24, 2.45) is 11.8 Å². The van der Waals surface area contributed by atoms with Crippen LogP contribution >= 0.6 is 0 Å². The average Bonchev–Trinajstić information content (AvgIpc) is 2.29. The molecule has 1 fully saturated rings. The Morgan fingerprint density at radius 2 is 2.19 bits per heavy atom. The summed E-state index contributed by atoms with van der Waals surface area (Å²) in [6.07, 6.45) is 5.44. The third-order valence-corrected chi connectivity index (χ3v) is 3.27. The van der Waals surface area contributed by atoms with Crippen molar-refractivity contribution in [3.8, 4) is 6.07 Å². The van der Waals surface area contributed by atoms with Crippen LogP contribution in [0, 0.1) is 23.2 Å². The van der Waals surface area contributed by atoms with Gasteiger partial charge in [-0.3, -0.25) is 4.79 Å². The molecule has 0 aromatic rings. The Labute approximate surface area is 96.6 Å². The first-order valence-corrected chi connectivity index (χ1v) is 6.06. The SMILES string of the molecule is N#CCCCNCC1CCCCC1C(=O)O. The van der Waals surface area contributed by atoms with Crippen LogP contribution in [0.15, 0.2) is 0 Å². The van der Waals surface area contributed by atoms with Gasteiger partial charge >= 0.3 is 5.97 Å². The van der Waals surface area contributed by atoms with Gasteiger partial charge in [0, 0.05) is 6.42 Å². The molecule has 4 nitrogen and oxygen atoms in total. The number of carbonyl (C=O) groups is 1. The molecule has 0 aromatic carbocycles. The number of hydrogen-bond donors (Lipinski definition) is 2. The number of nitriles is 1. The lowest BCUT2D eigenvalue weighted by molar-refractivity contribution is -0.144. The smallest absolute Gasteiger partial charge is 0.306 e. The summed E-state index contributed by atoms with van der Waals surface area (Å²) in [6.45, 7) is 1.60. The van der Waals surface area contributed by atoms with E-state index in [1.165, 1.54) is 0 Å². The molecular weight excluding hydrogens is 204 g/mol. The number of hydrogen-bond acceptors (Lipinski definition) is 3. The second-order valence-electron chi connectivity index (χ2n) is 4.46. The Kier molecular flexibility index (Phi) is 5.87. The van der Waals surface area contributed by atoms with Crippen LogP contribution in [0.25, 0.3) is 0 Å². The summed E-state index contributed by atoms with van der Waals surface area (Å²) in [7, 11) is 0. The zero-order valence-electron chi connectivity index (χ0n) is 9.61. The lowest BCUT2D eigenvalue weighted by Crippen LogP contribution is -2.35.